The molecule has 15 heavy (non-hydrogen) atoms. The smallest absolute Gasteiger partial charge is 0.315 e. The van der Waals surface area contributed by atoms with Gasteiger partial charge in [-0.1, -0.05) is 0 Å². The normalized spacial score (nSPS) is 16.9. The number of carbonyl (C=O) groups is 2. The van der Waals surface area contributed by atoms with E-state index < -0.39 is 0 Å². The third-order valence-electron chi connectivity index (χ3n) is 2.05. The van der Waals surface area contributed by atoms with Crippen LogP contribution >= 0.6 is 11.8 Å². The molecular weight excluding hydrogens is 214 g/mol. The molecular formula is C10H17NO3S. The van der Waals surface area contributed by atoms with E-state index in [4.69, 9.17) is 4.74 Å². The predicted molar refractivity (Wildman–Crippen MR) is 59.7 cm³/mol. The van der Waals surface area contributed by atoms with Crippen molar-refractivity contribution in [1.29, 1.82) is 0 Å². The molecule has 0 aromatic carbocycles. The van der Waals surface area contributed by atoms with Crippen LogP contribution in [0.4, 0.5) is 0 Å². The van der Waals surface area contributed by atoms with Crippen molar-refractivity contribution in [3.8, 4) is 0 Å². The van der Waals surface area contributed by atoms with E-state index in [2.05, 4.69) is 5.32 Å². The maximum atomic E-state index is 11.5. The van der Waals surface area contributed by atoms with Gasteiger partial charge in [-0.25, -0.2) is 0 Å². The van der Waals surface area contributed by atoms with Crippen LogP contribution in [0.15, 0.2) is 0 Å². The zero-order chi connectivity index (χ0) is 11.3. The molecule has 1 aliphatic rings. The third-order valence-corrected chi connectivity index (χ3v) is 3.17. The average molecular weight is 231 g/mol. The number of ether oxygens (including phenoxy) is 1. The molecule has 1 N–H and O–H groups in total. The minimum Gasteiger partial charge on any atom is -0.465 e. The lowest BCUT2D eigenvalue weighted by Crippen LogP contribution is -2.33. The van der Waals surface area contributed by atoms with Gasteiger partial charge in [0.05, 0.1) is 17.6 Å². The predicted octanol–water partition coefficient (Wildman–Crippen LogP) is 0.950. The van der Waals surface area contributed by atoms with E-state index >= 15 is 0 Å². The monoisotopic (exact) mass is 231 g/mol. The Morgan fingerprint density at radius 2 is 2.20 bits per heavy atom. The molecule has 4 nitrogen and oxygen atoms in total. The van der Waals surface area contributed by atoms with Crippen LogP contribution < -0.4 is 5.32 Å². The number of thioether (sulfide) groups is 1. The highest BCUT2D eigenvalue weighted by Gasteiger charge is 2.25. The second-order valence-corrected chi connectivity index (χ2v) is 4.87. The highest BCUT2D eigenvalue weighted by molar-refractivity contribution is 8.01. The Kier molecular flexibility index (Phi) is 4.94. The topological polar surface area (TPSA) is 55.4 Å². The maximum Gasteiger partial charge on any atom is 0.315 e. The maximum absolute atomic E-state index is 11.5. The Morgan fingerprint density at radius 1 is 1.53 bits per heavy atom. The van der Waals surface area contributed by atoms with Crippen molar-refractivity contribution < 1.29 is 14.3 Å². The molecule has 0 radical (unpaired) electrons. The van der Waals surface area contributed by atoms with Gasteiger partial charge < -0.3 is 10.1 Å². The summed E-state index contributed by atoms with van der Waals surface area (Å²) in [5, 5.41) is 2.71. The summed E-state index contributed by atoms with van der Waals surface area (Å²) in [5.74, 6) is 0.00738. The van der Waals surface area contributed by atoms with Crippen molar-refractivity contribution in [2.24, 2.45) is 0 Å². The number of rotatable bonds is 6. The van der Waals surface area contributed by atoms with Gasteiger partial charge in [0.15, 0.2) is 0 Å². The number of esters is 1. The molecule has 0 saturated heterocycles. The summed E-state index contributed by atoms with van der Waals surface area (Å²) in [6.45, 7) is 3.97. The number of amides is 1. The highest BCUT2D eigenvalue weighted by atomic mass is 32.2. The van der Waals surface area contributed by atoms with Crippen molar-refractivity contribution in [3.05, 3.63) is 0 Å². The lowest BCUT2D eigenvalue weighted by atomic mass is 10.4. The quantitative estimate of drug-likeness (QED) is 0.691. The summed E-state index contributed by atoms with van der Waals surface area (Å²) in [6, 6.07) is 0.378. The van der Waals surface area contributed by atoms with Gasteiger partial charge in [-0.2, -0.15) is 0 Å². The molecule has 1 fully saturated rings. The minimum absolute atomic E-state index is 0.0202. The summed E-state index contributed by atoms with van der Waals surface area (Å²) in [7, 11) is 0. The van der Waals surface area contributed by atoms with Crippen LogP contribution in [0.25, 0.3) is 0 Å². The molecule has 0 spiro atoms. The van der Waals surface area contributed by atoms with Gasteiger partial charge in [0.2, 0.25) is 5.91 Å². The van der Waals surface area contributed by atoms with Crippen LogP contribution in [-0.4, -0.2) is 35.5 Å². The molecule has 0 aromatic rings. The number of nitrogens with one attached hydrogen (secondary N) is 1. The molecule has 1 atom stereocenters. The van der Waals surface area contributed by atoms with E-state index in [1.54, 1.807) is 6.92 Å². The van der Waals surface area contributed by atoms with Crippen molar-refractivity contribution in [1.82, 2.24) is 5.32 Å². The van der Waals surface area contributed by atoms with Gasteiger partial charge in [0.1, 0.15) is 0 Å². The second kappa shape index (κ2) is 6.00. The third kappa shape index (κ3) is 5.06. The fraction of sp³-hybridized carbons (Fsp3) is 0.800. The average Bonchev–Trinajstić information content (AvgIpc) is 2.98. The Labute approximate surface area is 94.1 Å². The molecule has 1 aliphatic carbocycles. The first kappa shape index (κ1) is 12.4. The Hall–Kier alpha value is -0.710. The molecule has 86 valence electrons. The second-order valence-electron chi connectivity index (χ2n) is 3.54. The molecule has 1 amide bonds. The fourth-order valence-electron chi connectivity index (χ4n) is 1.02. The van der Waals surface area contributed by atoms with Crippen molar-refractivity contribution in [2.45, 2.75) is 38.0 Å². The van der Waals surface area contributed by atoms with Crippen LogP contribution in [0.3, 0.4) is 0 Å². The van der Waals surface area contributed by atoms with E-state index in [-0.39, 0.29) is 22.9 Å². The molecule has 0 aromatic heterocycles. The first-order chi connectivity index (χ1) is 7.13. The molecule has 0 bridgehead atoms. The summed E-state index contributed by atoms with van der Waals surface area (Å²) < 4.78 is 4.77. The van der Waals surface area contributed by atoms with Gasteiger partial charge in [-0.3, -0.25) is 9.59 Å². The highest BCUT2D eigenvalue weighted by Crippen LogP contribution is 2.20. The summed E-state index contributed by atoms with van der Waals surface area (Å²) >= 11 is 1.32. The molecule has 0 aliphatic heterocycles. The lowest BCUT2D eigenvalue weighted by molar-refractivity contribution is -0.139. The van der Waals surface area contributed by atoms with Crippen molar-refractivity contribution in [2.75, 3.05) is 12.4 Å². The lowest BCUT2D eigenvalue weighted by Gasteiger charge is -2.10. The van der Waals surface area contributed by atoms with Gasteiger partial charge in [-0.05, 0) is 26.7 Å². The Bertz CT molecular complexity index is 241. The van der Waals surface area contributed by atoms with E-state index in [9.17, 15) is 9.59 Å². The zero-order valence-electron chi connectivity index (χ0n) is 9.12. The Morgan fingerprint density at radius 3 is 2.73 bits per heavy atom. The zero-order valence-corrected chi connectivity index (χ0v) is 9.93. The number of carbonyl (C=O) groups excluding carboxylic acids is 2. The van der Waals surface area contributed by atoms with E-state index in [1.807, 2.05) is 6.92 Å². The van der Waals surface area contributed by atoms with E-state index in [1.165, 1.54) is 11.8 Å². The Balaban J connectivity index is 2.13. The van der Waals surface area contributed by atoms with Gasteiger partial charge in [0, 0.05) is 6.04 Å². The number of hydrogen-bond acceptors (Lipinski definition) is 4. The van der Waals surface area contributed by atoms with Crippen LogP contribution in [0.1, 0.15) is 26.7 Å². The molecule has 1 unspecified atom stereocenters. The fourth-order valence-corrected chi connectivity index (χ4v) is 1.71. The summed E-state index contributed by atoms with van der Waals surface area (Å²) in [5.41, 5.74) is 0. The SMILES string of the molecule is CCOC(=O)CSC(C)C(=O)NC1CC1. The van der Waals surface area contributed by atoms with Crippen LogP contribution in [-0.2, 0) is 14.3 Å². The first-order valence-corrected chi connectivity index (χ1v) is 6.26. The van der Waals surface area contributed by atoms with Gasteiger partial charge in [-0.15, -0.1) is 11.8 Å². The standard InChI is InChI=1S/C10H17NO3S/c1-3-14-9(12)6-15-7(2)10(13)11-8-4-5-8/h7-8H,3-6H2,1-2H3,(H,11,13). The minimum atomic E-state index is -0.256. The number of hydrogen-bond donors (Lipinski definition) is 1. The van der Waals surface area contributed by atoms with E-state index in [0.717, 1.165) is 12.8 Å². The van der Waals surface area contributed by atoms with E-state index in [0.29, 0.717) is 12.6 Å². The summed E-state index contributed by atoms with van der Waals surface area (Å²) in [6.07, 6.45) is 2.17. The molecule has 0 heterocycles. The van der Waals surface area contributed by atoms with Gasteiger partial charge >= 0.3 is 5.97 Å². The van der Waals surface area contributed by atoms with Gasteiger partial charge in [0.25, 0.3) is 0 Å². The van der Waals surface area contributed by atoms with Crippen molar-refractivity contribution in [3.63, 3.8) is 0 Å². The largest absolute Gasteiger partial charge is 0.465 e. The molecule has 1 saturated carbocycles. The first-order valence-electron chi connectivity index (χ1n) is 5.21. The van der Waals surface area contributed by atoms with Crippen LogP contribution in [0.2, 0.25) is 0 Å². The van der Waals surface area contributed by atoms with Crippen LogP contribution in [0, 0.1) is 0 Å². The summed E-state index contributed by atoms with van der Waals surface area (Å²) in [4.78, 5) is 22.5. The molecule has 5 heteroatoms. The molecule has 1 rings (SSSR count). The van der Waals surface area contributed by atoms with Crippen molar-refractivity contribution >= 4 is 23.6 Å². The van der Waals surface area contributed by atoms with Crippen LogP contribution in [0.5, 0.6) is 0 Å².